The third-order valence-corrected chi connectivity index (χ3v) is 4.67. The molecule has 0 unspecified atom stereocenters. The van der Waals surface area contributed by atoms with Crippen LogP contribution in [0.2, 0.25) is 0 Å². The largest absolute Gasteiger partial charge is 0.482 e. The molecule has 16 heavy (non-hydrogen) atoms. The van der Waals surface area contributed by atoms with E-state index in [2.05, 4.69) is 52.0 Å². The topological polar surface area (TPSA) is 9.23 Å². The maximum absolute atomic E-state index is 6.25. The second kappa shape index (κ2) is 2.71. The number of allylic oxidation sites excluding steroid dienone is 1. The van der Waals surface area contributed by atoms with Crippen LogP contribution in [0.4, 0.5) is 0 Å². The molecule has 0 saturated carbocycles. The van der Waals surface area contributed by atoms with E-state index in [-0.39, 0.29) is 11.0 Å². The molecule has 0 aromatic heterocycles. The van der Waals surface area contributed by atoms with Gasteiger partial charge in [0.15, 0.2) is 0 Å². The smallest absolute Gasteiger partial charge is 0.137 e. The first-order valence-corrected chi connectivity index (χ1v) is 5.95. The van der Waals surface area contributed by atoms with Crippen molar-refractivity contribution in [1.82, 2.24) is 0 Å². The van der Waals surface area contributed by atoms with E-state index in [0.717, 1.165) is 12.2 Å². The highest BCUT2D eigenvalue weighted by Gasteiger charge is 2.57. The monoisotopic (exact) mass is 214 g/mol. The van der Waals surface area contributed by atoms with E-state index in [1.165, 1.54) is 16.7 Å². The lowest BCUT2D eigenvalue weighted by molar-refractivity contribution is 0.0945. The van der Waals surface area contributed by atoms with Crippen molar-refractivity contribution in [2.45, 2.75) is 45.1 Å². The zero-order valence-electron chi connectivity index (χ0n) is 10.4. The zero-order chi connectivity index (χ0) is 11.6. The highest BCUT2D eigenvalue weighted by Crippen LogP contribution is 2.57. The minimum Gasteiger partial charge on any atom is -0.482 e. The molecule has 0 amide bonds. The summed E-state index contributed by atoms with van der Waals surface area (Å²) < 4.78 is 6.25. The van der Waals surface area contributed by atoms with Crippen molar-refractivity contribution >= 4 is 0 Å². The van der Waals surface area contributed by atoms with Crippen LogP contribution in [-0.4, -0.2) is 5.60 Å². The van der Waals surface area contributed by atoms with Gasteiger partial charge in [-0.25, -0.2) is 0 Å². The summed E-state index contributed by atoms with van der Waals surface area (Å²) in [4.78, 5) is 0. The standard InChI is InChI=1S/C15H18O/c1-10-5-6-12-13(9-10)16-15(4)11(2)7-8-14(12,15)3/h5-7,9H,8H2,1-4H3/t14-,15-/m0/s1. The molecule has 2 aliphatic rings. The molecule has 1 heterocycles. The van der Waals surface area contributed by atoms with Gasteiger partial charge in [0.25, 0.3) is 0 Å². The van der Waals surface area contributed by atoms with E-state index in [1.54, 1.807) is 0 Å². The first kappa shape index (κ1) is 9.95. The van der Waals surface area contributed by atoms with Gasteiger partial charge < -0.3 is 4.74 Å². The SMILES string of the molecule is CC1=CC[C@@]2(C)c3ccc(C)cc3O[C@@]12C. The number of fused-ring (bicyclic) bond motifs is 3. The van der Waals surface area contributed by atoms with Gasteiger partial charge in [0.1, 0.15) is 11.4 Å². The number of ether oxygens (including phenoxy) is 1. The van der Waals surface area contributed by atoms with Crippen LogP contribution in [0.15, 0.2) is 29.8 Å². The Balaban J connectivity index is 2.22. The lowest BCUT2D eigenvalue weighted by Crippen LogP contribution is -2.44. The van der Waals surface area contributed by atoms with Crippen molar-refractivity contribution in [2.75, 3.05) is 0 Å². The van der Waals surface area contributed by atoms with E-state index in [4.69, 9.17) is 4.74 Å². The van der Waals surface area contributed by atoms with Crippen molar-refractivity contribution in [1.29, 1.82) is 0 Å². The summed E-state index contributed by atoms with van der Waals surface area (Å²) in [6, 6.07) is 6.59. The van der Waals surface area contributed by atoms with Gasteiger partial charge in [0.05, 0.1) is 0 Å². The zero-order valence-corrected chi connectivity index (χ0v) is 10.4. The molecular weight excluding hydrogens is 196 g/mol. The molecular formula is C15H18O. The summed E-state index contributed by atoms with van der Waals surface area (Å²) in [5.74, 6) is 1.08. The molecule has 3 rings (SSSR count). The Labute approximate surface area is 97.1 Å². The van der Waals surface area contributed by atoms with Crippen LogP contribution < -0.4 is 4.74 Å². The van der Waals surface area contributed by atoms with Crippen molar-refractivity contribution in [3.8, 4) is 5.75 Å². The average Bonchev–Trinajstić information content (AvgIpc) is 2.57. The van der Waals surface area contributed by atoms with Crippen molar-refractivity contribution in [2.24, 2.45) is 0 Å². The van der Waals surface area contributed by atoms with Gasteiger partial charge in [0.2, 0.25) is 0 Å². The molecule has 1 aromatic carbocycles. The fraction of sp³-hybridized carbons (Fsp3) is 0.467. The Morgan fingerprint density at radius 2 is 1.94 bits per heavy atom. The van der Waals surface area contributed by atoms with Crippen LogP contribution >= 0.6 is 0 Å². The first-order chi connectivity index (χ1) is 7.47. The normalized spacial score (nSPS) is 35.4. The molecule has 1 aromatic rings. The molecule has 0 fully saturated rings. The van der Waals surface area contributed by atoms with E-state index >= 15 is 0 Å². The number of aryl methyl sites for hydroxylation is 1. The number of benzene rings is 1. The highest BCUT2D eigenvalue weighted by molar-refractivity contribution is 5.54. The van der Waals surface area contributed by atoms with Crippen LogP contribution in [0, 0.1) is 6.92 Å². The fourth-order valence-electron chi connectivity index (χ4n) is 3.13. The predicted molar refractivity (Wildman–Crippen MR) is 65.9 cm³/mol. The Bertz CT molecular complexity index is 500. The maximum Gasteiger partial charge on any atom is 0.137 e. The molecule has 0 bridgehead atoms. The third-order valence-electron chi connectivity index (χ3n) is 4.67. The summed E-state index contributed by atoms with van der Waals surface area (Å²) in [7, 11) is 0. The van der Waals surface area contributed by atoms with Crippen LogP contribution in [0.1, 0.15) is 38.3 Å². The van der Waals surface area contributed by atoms with Gasteiger partial charge in [0, 0.05) is 11.0 Å². The number of rotatable bonds is 0. The van der Waals surface area contributed by atoms with Crippen LogP contribution in [0.25, 0.3) is 0 Å². The molecule has 84 valence electrons. The average molecular weight is 214 g/mol. The number of hydrogen-bond acceptors (Lipinski definition) is 1. The minimum absolute atomic E-state index is 0.125. The van der Waals surface area contributed by atoms with E-state index in [1.807, 2.05) is 0 Å². The Kier molecular flexibility index (Phi) is 1.68. The lowest BCUT2D eigenvalue weighted by atomic mass is 9.71. The summed E-state index contributed by atoms with van der Waals surface area (Å²) in [6.45, 7) is 8.84. The van der Waals surface area contributed by atoms with E-state index in [0.29, 0.717) is 0 Å². The minimum atomic E-state index is -0.136. The summed E-state index contributed by atoms with van der Waals surface area (Å²) in [5.41, 5.74) is 3.99. The van der Waals surface area contributed by atoms with Crippen LogP contribution in [0.5, 0.6) is 5.75 Å². The Morgan fingerprint density at radius 3 is 2.69 bits per heavy atom. The molecule has 1 aliphatic heterocycles. The Morgan fingerprint density at radius 1 is 1.19 bits per heavy atom. The fourth-order valence-corrected chi connectivity index (χ4v) is 3.13. The quantitative estimate of drug-likeness (QED) is 0.598. The molecule has 0 spiro atoms. The van der Waals surface area contributed by atoms with Gasteiger partial charge in [-0.2, -0.15) is 0 Å². The van der Waals surface area contributed by atoms with Gasteiger partial charge >= 0.3 is 0 Å². The maximum atomic E-state index is 6.25. The van der Waals surface area contributed by atoms with Crippen LogP contribution in [0.3, 0.4) is 0 Å². The van der Waals surface area contributed by atoms with E-state index < -0.39 is 0 Å². The van der Waals surface area contributed by atoms with Crippen LogP contribution in [-0.2, 0) is 5.41 Å². The molecule has 0 N–H and O–H groups in total. The second-order valence-electron chi connectivity index (χ2n) is 5.56. The lowest BCUT2D eigenvalue weighted by Gasteiger charge is -2.35. The van der Waals surface area contributed by atoms with Gasteiger partial charge in [-0.15, -0.1) is 0 Å². The van der Waals surface area contributed by atoms with E-state index in [9.17, 15) is 0 Å². The Hall–Kier alpha value is -1.24. The van der Waals surface area contributed by atoms with Gasteiger partial charge in [-0.3, -0.25) is 0 Å². The molecule has 0 saturated heterocycles. The van der Waals surface area contributed by atoms with Gasteiger partial charge in [-0.1, -0.05) is 25.1 Å². The molecule has 0 radical (unpaired) electrons. The summed E-state index contributed by atoms with van der Waals surface area (Å²) >= 11 is 0. The van der Waals surface area contributed by atoms with Crippen molar-refractivity contribution < 1.29 is 4.74 Å². The summed E-state index contributed by atoms with van der Waals surface area (Å²) in [6.07, 6.45) is 3.41. The molecule has 2 atom stereocenters. The summed E-state index contributed by atoms with van der Waals surface area (Å²) in [5, 5.41) is 0. The van der Waals surface area contributed by atoms with Gasteiger partial charge in [-0.05, 0) is 44.4 Å². The molecule has 1 heteroatoms. The molecule has 1 nitrogen and oxygen atoms in total. The second-order valence-corrected chi connectivity index (χ2v) is 5.56. The molecule has 1 aliphatic carbocycles. The first-order valence-electron chi connectivity index (χ1n) is 5.95. The third kappa shape index (κ3) is 0.922. The van der Waals surface area contributed by atoms with Crippen molar-refractivity contribution in [3.63, 3.8) is 0 Å². The highest BCUT2D eigenvalue weighted by atomic mass is 16.5. The van der Waals surface area contributed by atoms with Crippen molar-refractivity contribution in [3.05, 3.63) is 41.0 Å². The predicted octanol–water partition coefficient (Wildman–Crippen LogP) is 3.75. The number of hydrogen-bond donors (Lipinski definition) is 0.